The van der Waals surface area contributed by atoms with Gasteiger partial charge in [0.05, 0.1) is 5.41 Å². The van der Waals surface area contributed by atoms with Crippen LogP contribution >= 0.6 is 0 Å². The molecule has 0 amide bonds. The summed E-state index contributed by atoms with van der Waals surface area (Å²) >= 11 is 0. The van der Waals surface area contributed by atoms with E-state index in [2.05, 4.69) is 13.8 Å². The van der Waals surface area contributed by atoms with E-state index in [1.54, 1.807) is 0 Å². The van der Waals surface area contributed by atoms with E-state index in [0.717, 1.165) is 32.1 Å². The van der Waals surface area contributed by atoms with Crippen LogP contribution in [0.2, 0.25) is 0 Å². The second-order valence-corrected chi connectivity index (χ2v) is 4.30. The zero-order valence-electron chi connectivity index (χ0n) is 8.89. The summed E-state index contributed by atoms with van der Waals surface area (Å²) in [7, 11) is 0. The van der Waals surface area contributed by atoms with Gasteiger partial charge < -0.3 is 5.11 Å². The molecular formula is C11H20O2. The van der Waals surface area contributed by atoms with Crippen molar-refractivity contribution >= 4 is 5.97 Å². The zero-order valence-corrected chi connectivity index (χ0v) is 8.89. The van der Waals surface area contributed by atoms with Gasteiger partial charge >= 0.3 is 5.97 Å². The van der Waals surface area contributed by atoms with Gasteiger partial charge in [0, 0.05) is 0 Å². The molecule has 0 aromatic rings. The van der Waals surface area contributed by atoms with Crippen molar-refractivity contribution in [3.63, 3.8) is 0 Å². The average molecular weight is 184 g/mol. The summed E-state index contributed by atoms with van der Waals surface area (Å²) in [6.07, 6.45) is 4.87. The Morgan fingerprint density at radius 2 is 1.92 bits per heavy atom. The molecule has 0 bridgehead atoms. The van der Waals surface area contributed by atoms with Crippen LogP contribution in [-0.2, 0) is 4.79 Å². The van der Waals surface area contributed by atoms with Gasteiger partial charge in [0.15, 0.2) is 0 Å². The minimum atomic E-state index is -0.578. The van der Waals surface area contributed by atoms with Crippen LogP contribution in [0.4, 0.5) is 0 Å². The van der Waals surface area contributed by atoms with Crippen LogP contribution in [0.5, 0.6) is 0 Å². The first-order valence-corrected chi connectivity index (χ1v) is 5.32. The van der Waals surface area contributed by atoms with Crippen molar-refractivity contribution < 1.29 is 9.90 Å². The van der Waals surface area contributed by atoms with Gasteiger partial charge in [-0.1, -0.05) is 27.2 Å². The van der Waals surface area contributed by atoms with Crippen molar-refractivity contribution in [3.8, 4) is 0 Å². The second-order valence-electron chi connectivity index (χ2n) is 4.30. The Hall–Kier alpha value is -0.530. The van der Waals surface area contributed by atoms with E-state index in [0.29, 0.717) is 0 Å². The van der Waals surface area contributed by atoms with Gasteiger partial charge in [0.25, 0.3) is 0 Å². The lowest BCUT2D eigenvalue weighted by Gasteiger charge is -2.19. The highest BCUT2D eigenvalue weighted by atomic mass is 16.4. The zero-order chi connectivity index (χ0) is 10.1. The van der Waals surface area contributed by atoms with Crippen molar-refractivity contribution in [3.05, 3.63) is 0 Å². The lowest BCUT2D eigenvalue weighted by atomic mass is 9.85. The molecule has 2 nitrogen and oxygen atoms in total. The predicted molar refractivity (Wildman–Crippen MR) is 52.6 cm³/mol. The second kappa shape index (κ2) is 3.32. The van der Waals surface area contributed by atoms with E-state index in [1.807, 2.05) is 6.92 Å². The Morgan fingerprint density at radius 1 is 1.31 bits per heavy atom. The summed E-state index contributed by atoms with van der Waals surface area (Å²) in [5, 5.41) is 9.20. The smallest absolute Gasteiger partial charge is 0.310 e. The van der Waals surface area contributed by atoms with Crippen molar-refractivity contribution in [2.24, 2.45) is 10.8 Å². The van der Waals surface area contributed by atoms with Gasteiger partial charge in [-0.25, -0.2) is 0 Å². The molecule has 13 heavy (non-hydrogen) atoms. The lowest BCUT2D eigenvalue weighted by molar-refractivity contribution is -0.145. The molecule has 1 aliphatic rings. The van der Waals surface area contributed by atoms with Gasteiger partial charge in [0.1, 0.15) is 0 Å². The summed E-state index contributed by atoms with van der Waals surface area (Å²) in [6, 6.07) is 0. The topological polar surface area (TPSA) is 37.3 Å². The fraction of sp³-hybridized carbons (Fsp3) is 0.909. The Kier molecular flexibility index (Phi) is 2.69. The number of rotatable bonds is 5. The number of carbonyl (C=O) groups is 1. The molecule has 1 rings (SSSR count). The number of carboxylic acid groups (broad SMARTS) is 1. The predicted octanol–water partition coefficient (Wildman–Crippen LogP) is 3.07. The summed E-state index contributed by atoms with van der Waals surface area (Å²) < 4.78 is 0. The van der Waals surface area contributed by atoms with Gasteiger partial charge in [-0.2, -0.15) is 0 Å². The normalized spacial score (nSPS) is 37.5. The first kappa shape index (κ1) is 10.6. The molecule has 0 saturated heterocycles. The first-order chi connectivity index (χ1) is 6.08. The molecule has 0 radical (unpaired) electrons. The maximum atomic E-state index is 11.2. The lowest BCUT2D eigenvalue weighted by Crippen LogP contribution is -2.22. The molecule has 0 spiro atoms. The average Bonchev–Trinajstić information content (AvgIpc) is 2.76. The summed E-state index contributed by atoms with van der Waals surface area (Å²) in [4.78, 5) is 11.2. The molecule has 0 aliphatic heterocycles. The van der Waals surface area contributed by atoms with E-state index < -0.39 is 5.97 Å². The van der Waals surface area contributed by atoms with E-state index in [-0.39, 0.29) is 10.8 Å². The third-order valence-corrected chi connectivity index (χ3v) is 3.95. The van der Waals surface area contributed by atoms with Gasteiger partial charge in [0.2, 0.25) is 0 Å². The van der Waals surface area contributed by atoms with E-state index in [9.17, 15) is 9.90 Å². The van der Waals surface area contributed by atoms with Gasteiger partial charge in [-0.05, 0) is 31.1 Å². The van der Waals surface area contributed by atoms with Crippen LogP contribution in [0.25, 0.3) is 0 Å². The van der Waals surface area contributed by atoms with Crippen LogP contribution < -0.4 is 0 Å². The van der Waals surface area contributed by atoms with E-state index in [1.165, 1.54) is 0 Å². The van der Waals surface area contributed by atoms with Crippen LogP contribution in [0.1, 0.15) is 52.9 Å². The Bertz CT molecular complexity index is 212. The highest BCUT2D eigenvalue weighted by Crippen LogP contribution is 2.70. The van der Waals surface area contributed by atoms with Crippen LogP contribution in [0.3, 0.4) is 0 Å². The molecule has 1 N–H and O–H groups in total. The van der Waals surface area contributed by atoms with E-state index >= 15 is 0 Å². The minimum absolute atomic E-state index is 0.127. The highest BCUT2D eigenvalue weighted by Gasteiger charge is 2.68. The Morgan fingerprint density at radius 3 is 2.15 bits per heavy atom. The molecular weight excluding hydrogens is 164 g/mol. The Labute approximate surface area is 80.3 Å². The maximum absolute atomic E-state index is 11.2. The summed E-state index contributed by atoms with van der Waals surface area (Å²) in [5.74, 6) is -0.578. The minimum Gasteiger partial charge on any atom is -0.481 e. The van der Waals surface area contributed by atoms with Crippen LogP contribution in [0, 0.1) is 10.8 Å². The number of hydrogen-bond acceptors (Lipinski definition) is 1. The molecule has 2 unspecified atom stereocenters. The largest absolute Gasteiger partial charge is 0.481 e. The molecule has 76 valence electrons. The van der Waals surface area contributed by atoms with Crippen LogP contribution in [0.15, 0.2) is 0 Å². The first-order valence-electron chi connectivity index (χ1n) is 5.32. The fourth-order valence-corrected chi connectivity index (χ4v) is 2.93. The maximum Gasteiger partial charge on any atom is 0.310 e. The molecule has 0 aromatic heterocycles. The third kappa shape index (κ3) is 1.27. The SMILES string of the molecule is CCCC1(CC)CC1(CC)C(=O)O. The number of hydrogen-bond donors (Lipinski definition) is 1. The third-order valence-electron chi connectivity index (χ3n) is 3.95. The number of aliphatic carboxylic acids is 1. The Balaban J connectivity index is 2.79. The van der Waals surface area contributed by atoms with Crippen LogP contribution in [-0.4, -0.2) is 11.1 Å². The summed E-state index contributed by atoms with van der Waals surface area (Å²) in [5.41, 5.74) is -0.250. The molecule has 1 fully saturated rings. The molecule has 1 saturated carbocycles. The highest BCUT2D eigenvalue weighted by molar-refractivity contribution is 5.80. The van der Waals surface area contributed by atoms with Crippen molar-refractivity contribution in [2.45, 2.75) is 52.9 Å². The standard InChI is InChI=1S/C11H20O2/c1-4-7-10(5-2)8-11(10,6-3)9(12)13/h4-8H2,1-3H3,(H,12,13). The molecule has 0 heterocycles. The van der Waals surface area contributed by atoms with Gasteiger partial charge in [-0.3, -0.25) is 4.79 Å². The van der Waals surface area contributed by atoms with Crippen molar-refractivity contribution in [2.75, 3.05) is 0 Å². The monoisotopic (exact) mass is 184 g/mol. The number of carboxylic acids is 1. The molecule has 2 heteroatoms. The molecule has 2 atom stereocenters. The van der Waals surface area contributed by atoms with E-state index in [4.69, 9.17) is 0 Å². The molecule has 0 aromatic carbocycles. The molecule has 1 aliphatic carbocycles. The van der Waals surface area contributed by atoms with Crippen molar-refractivity contribution in [1.82, 2.24) is 0 Å². The quantitative estimate of drug-likeness (QED) is 0.713. The van der Waals surface area contributed by atoms with Crippen molar-refractivity contribution in [1.29, 1.82) is 0 Å². The fourth-order valence-electron chi connectivity index (χ4n) is 2.93. The summed E-state index contributed by atoms with van der Waals surface area (Å²) in [6.45, 7) is 6.26. The van der Waals surface area contributed by atoms with Gasteiger partial charge in [-0.15, -0.1) is 0 Å².